The zero-order chi connectivity index (χ0) is 30.7. The van der Waals surface area contributed by atoms with Crippen LogP contribution in [-0.4, -0.2) is 53.4 Å². The van der Waals surface area contributed by atoms with Gasteiger partial charge in [0.25, 0.3) is 0 Å². The minimum absolute atomic E-state index is 0.233. The van der Waals surface area contributed by atoms with Gasteiger partial charge in [0.2, 0.25) is 15.2 Å². The van der Waals surface area contributed by atoms with E-state index in [1.54, 1.807) is 60.7 Å². The molecule has 5 aromatic rings. The molecule has 4 aromatic carbocycles. The molecule has 1 N–H and O–H groups in total. The molecule has 0 aliphatic carbocycles. The maximum atomic E-state index is 13.5. The van der Waals surface area contributed by atoms with Crippen molar-refractivity contribution in [1.29, 1.82) is 0 Å². The van der Waals surface area contributed by atoms with Crippen molar-refractivity contribution in [3.63, 3.8) is 0 Å². The van der Waals surface area contributed by atoms with E-state index in [0.29, 0.717) is 64.9 Å². The Kier molecular flexibility index (Phi) is 9.18. The summed E-state index contributed by atoms with van der Waals surface area (Å²) in [6.45, 7) is 1.77. The number of hydrogen-bond donors (Lipinski definition) is 1. The first-order valence-electron chi connectivity index (χ1n) is 13.9. The summed E-state index contributed by atoms with van der Waals surface area (Å²) in [4.78, 5) is 6.86. The van der Waals surface area contributed by atoms with Crippen LogP contribution in [-0.2, 0) is 10.0 Å². The molecule has 8 nitrogen and oxygen atoms in total. The van der Waals surface area contributed by atoms with Crippen LogP contribution in [0.3, 0.4) is 0 Å². The molecule has 226 valence electrons. The number of para-hydroxylation sites is 1. The van der Waals surface area contributed by atoms with Crippen LogP contribution in [0.15, 0.2) is 102 Å². The van der Waals surface area contributed by atoms with Gasteiger partial charge in [0.05, 0.1) is 14.9 Å². The van der Waals surface area contributed by atoms with Gasteiger partial charge in [-0.05, 0) is 71.6 Å². The average molecular weight is 668 g/mol. The molecule has 0 bridgehead atoms. The number of benzene rings is 4. The normalized spacial score (nSPS) is 15.1. The summed E-state index contributed by atoms with van der Waals surface area (Å²) in [5.74, 6) is 1.69. The second-order valence-electron chi connectivity index (χ2n) is 10.2. The lowest BCUT2D eigenvalue weighted by molar-refractivity contribution is 0.211. The van der Waals surface area contributed by atoms with Gasteiger partial charge < -0.3 is 14.7 Å². The third-order valence-corrected chi connectivity index (χ3v) is 10.8. The highest BCUT2D eigenvalue weighted by atomic mass is 35.5. The Morgan fingerprint density at radius 3 is 2.23 bits per heavy atom. The van der Waals surface area contributed by atoms with Crippen LogP contribution in [0.1, 0.15) is 23.9 Å². The van der Waals surface area contributed by atoms with Gasteiger partial charge in [0.15, 0.2) is 5.82 Å². The van der Waals surface area contributed by atoms with Crippen LogP contribution in [0.25, 0.3) is 11.1 Å². The number of aliphatic hydroxyl groups is 1. The molecular weight excluding hydrogens is 639 g/mol. The average Bonchev–Trinajstić information content (AvgIpc) is 3.40. The number of sulfonamides is 1. The lowest BCUT2D eigenvalue weighted by Gasteiger charge is -2.21. The zero-order valence-electron chi connectivity index (χ0n) is 23.4. The van der Waals surface area contributed by atoms with E-state index in [9.17, 15) is 13.5 Å². The van der Waals surface area contributed by atoms with Gasteiger partial charge in [-0.1, -0.05) is 71.7 Å². The van der Waals surface area contributed by atoms with Crippen molar-refractivity contribution in [3.05, 3.63) is 118 Å². The second kappa shape index (κ2) is 13.2. The van der Waals surface area contributed by atoms with Crippen LogP contribution in [0.5, 0.6) is 11.5 Å². The summed E-state index contributed by atoms with van der Waals surface area (Å²) < 4.78 is 38.8. The van der Waals surface area contributed by atoms with E-state index in [1.165, 1.54) is 15.8 Å². The van der Waals surface area contributed by atoms with Gasteiger partial charge in [-0.2, -0.15) is 8.68 Å². The van der Waals surface area contributed by atoms with E-state index in [2.05, 4.69) is 9.36 Å². The van der Waals surface area contributed by atoms with Crippen LogP contribution >= 0.6 is 34.7 Å². The first-order valence-corrected chi connectivity index (χ1v) is 16.9. The highest BCUT2D eigenvalue weighted by Gasteiger charge is 2.28. The van der Waals surface area contributed by atoms with Crippen molar-refractivity contribution in [2.24, 2.45) is 0 Å². The van der Waals surface area contributed by atoms with Crippen molar-refractivity contribution in [2.75, 3.05) is 31.1 Å². The fraction of sp³-hybridized carbons (Fsp3) is 0.188. The number of hydrogen-bond acceptors (Lipinski definition) is 8. The molecule has 1 aliphatic rings. The van der Waals surface area contributed by atoms with Gasteiger partial charge in [0.1, 0.15) is 17.6 Å². The quantitative estimate of drug-likeness (QED) is 0.186. The third-order valence-electron chi connectivity index (χ3n) is 7.32. The molecule has 0 radical (unpaired) electrons. The maximum Gasteiger partial charge on any atom is 0.243 e. The Bertz CT molecular complexity index is 1840. The summed E-state index contributed by atoms with van der Waals surface area (Å²) in [5.41, 5.74) is 2.34. The van der Waals surface area contributed by atoms with Gasteiger partial charge >= 0.3 is 0 Å². The summed E-state index contributed by atoms with van der Waals surface area (Å²) in [7, 11) is -3.70. The summed E-state index contributed by atoms with van der Waals surface area (Å²) >= 11 is 13.4. The Morgan fingerprint density at radius 2 is 1.50 bits per heavy atom. The third kappa shape index (κ3) is 6.76. The SMILES string of the molecule is O=S(=O)(c1ccc(-c2ccc(Cl)c(Cl)c2)cc1)N1CCCN(c2nc(C(O)c3ccc(Oc4ccccc4)cc3)ns2)CC1. The van der Waals surface area contributed by atoms with Crippen molar-refractivity contribution in [1.82, 2.24) is 13.7 Å². The van der Waals surface area contributed by atoms with Crippen molar-refractivity contribution < 1.29 is 18.3 Å². The van der Waals surface area contributed by atoms with E-state index in [4.69, 9.17) is 27.9 Å². The molecule has 1 fully saturated rings. The number of halogens is 2. The first-order chi connectivity index (χ1) is 21.3. The number of nitrogens with zero attached hydrogens (tertiary/aromatic N) is 4. The lowest BCUT2D eigenvalue weighted by Crippen LogP contribution is -2.35. The van der Waals surface area contributed by atoms with Crippen LogP contribution < -0.4 is 9.64 Å². The standard InChI is InChI=1S/C32H28Cl2N4O4S2/c33-28-16-11-24(21-29(28)34)22-9-14-27(15-10-22)44(40,41)38-18-4-17-37(19-20-38)32-35-31(36-43-32)30(39)23-7-12-26(13-8-23)42-25-5-2-1-3-6-25/h1-3,5-16,21,30,39H,4,17-20H2. The van der Waals surface area contributed by atoms with Crippen LogP contribution in [0.4, 0.5) is 5.13 Å². The fourth-order valence-electron chi connectivity index (χ4n) is 4.93. The number of ether oxygens (including phenoxy) is 1. The Hall–Kier alpha value is -3.51. The monoisotopic (exact) mass is 666 g/mol. The molecule has 0 spiro atoms. The topological polar surface area (TPSA) is 95.9 Å². The molecule has 1 atom stereocenters. The molecule has 1 aromatic heterocycles. The smallest absolute Gasteiger partial charge is 0.243 e. The highest BCUT2D eigenvalue weighted by molar-refractivity contribution is 7.89. The highest BCUT2D eigenvalue weighted by Crippen LogP contribution is 2.31. The zero-order valence-corrected chi connectivity index (χ0v) is 26.5. The maximum absolute atomic E-state index is 13.5. The summed E-state index contributed by atoms with van der Waals surface area (Å²) in [6, 6.07) is 28.7. The molecule has 0 amide bonds. The molecule has 6 rings (SSSR count). The number of rotatable bonds is 8. The fourth-order valence-corrected chi connectivity index (χ4v) is 7.44. The number of aliphatic hydroxyl groups excluding tert-OH is 1. The molecule has 1 aliphatic heterocycles. The molecular formula is C32H28Cl2N4O4S2. The van der Waals surface area contributed by atoms with E-state index >= 15 is 0 Å². The molecule has 2 heterocycles. The summed E-state index contributed by atoms with van der Waals surface area (Å²) in [5, 5.41) is 12.5. The van der Waals surface area contributed by atoms with Crippen LogP contribution in [0.2, 0.25) is 10.0 Å². The Balaban J connectivity index is 1.09. The molecule has 12 heteroatoms. The Morgan fingerprint density at radius 1 is 0.795 bits per heavy atom. The summed E-state index contributed by atoms with van der Waals surface area (Å²) in [6.07, 6.45) is -0.373. The Labute approximate surface area is 270 Å². The van der Waals surface area contributed by atoms with Gasteiger partial charge in [-0.15, -0.1) is 0 Å². The van der Waals surface area contributed by atoms with Crippen molar-refractivity contribution in [3.8, 4) is 22.6 Å². The van der Waals surface area contributed by atoms with Crippen molar-refractivity contribution in [2.45, 2.75) is 17.4 Å². The largest absolute Gasteiger partial charge is 0.457 e. The predicted octanol–water partition coefficient (Wildman–Crippen LogP) is 7.29. The van der Waals surface area contributed by atoms with E-state index in [0.717, 1.165) is 16.9 Å². The van der Waals surface area contributed by atoms with Crippen molar-refractivity contribution >= 4 is 49.9 Å². The number of aromatic nitrogens is 2. The van der Waals surface area contributed by atoms with E-state index in [1.807, 2.05) is 41.3 Å². The minimum Gasteiger partial charge on any atom is -0.457 e. The molecule has 1 saturated heterocycles. The molecule has 44 heavy (non-hydrogen) atoms. The van der Waals surface area contributed by atoms with E-state index < -0.39 is 16.1 Å². The minimum atomic E-state index is -3.70. The van der Waals surface area contributed by atoms with Gasteiger partial charge in [-0.25, -0.2) is 13.4 Å². The molecule has 1 unspecified atom stereocenters. The number of anilines is 1. The lowest BCUT2D eigenvalue weighted by atomic mass is 10.1. The second-order valence-corrected chi connectivity index (χ2v) is 13.7. The van der Waals surface area contributed by atoms with Gasteiger partial charge in [-0.3, -0.25) is 0 Å². The predicted molar refractivity (Wildman–Crippen MR) is 174 cm³/mol. The first kappa shape index (κ1) is 30.5. The molecule has 0 saturated carbocycles. The van der Waals surface area contributed by atoms with Crippen LogP contribution in [0, 0.1) is 0 Å². The van der Waals surface area contributed by atoms with Gasteiger partial charge in [0, 0.05) is 37.7 Å². The van der Waals surface area contributed by atoms with E-state index in [-0.39, 0.29) is 4.90 Å².